The van der Waals surface area contributed by atoms with E-state index in [0.717, 1.165) is 10.9 Å². The van der Waals surface area contributed by atoms with Crippen molar-refractivity contribution in [3.63, 3.8) is 0 Å². The van der Waals surface area contributed by atoms with Crippen molar-refractivity contribution in [1.29, 1.82) is 0 Å². The van der Waals surface area contributed by atoms with Crippen LogP contribution in [-0.4, -0.2) is 31.4 Å². The van der Waals surface area contributed by atoms with Gasteiger partial charge in [-0.1, -0.05) is 17.8 Å². The molecule has 5 aromatic rings. The summed E-state index contributed by atoms with van der Waals surface area (Å²) in [4.78, 5) is 17.0. The van der Waals surface area contributed by atoms with Crippen molar-refractivity contribution in [2.45, 2.75) is 5.16 Å². The van der Waals surface area contributed by atoms with Gasteiger partial charge in [-0.05, 0) is 72.8 Å². The van der Waals surface area contributed by atoms with Crippen LogP contribution >= 0.6 is 11.8 Å². The Morgan fingerprint density at radius 2 is 1.62 bits per heavy atom. The molecule has 9 heteroatoms. The number of halogens is 2. The molecule has 0 radical (unpaired) electrons. The van der Waals surface area contributed by atoms with Gasteiger partial charge in [0.2, 0.25) is 5.91 Å². The maximum atomic E-state index is 13.5. The van der Waals surface area contributed by atoms with Crippen molar-refractivity contribution < 1.29 is 13.6 Å². The Balaban J connectivity index is 1.41. The van der Waals surface area contributed by atoms with E-state index in [0.29, 0.717) is 27.9 Å². The highest BCUT2D eigenvalue weighted by Crippen LogP contribution is 2.29. The van der Waals surface area contributed by atoms with Crippen LogP contribution in [0.15, 0.2) is 90.2 Å². The predicted octanol–water partition coefficient (Wildman–Crippen LogP) is 5.49. The van der Waals surface area contributed by atoms with Gasteiger partial charge < -0.3 is 5.32 Å². The molecule has 2 aromatic heterocycles. The number of amides is 1. The molecule has 3 aromatic carbocycles. The average Bonchev–Trinajstić information content (AvgIpc) is 3.28. The van der Waals surface area contributed by atoms with E-state index in [4.69, 9.17) is 0 Å². The van der Waals surface area contributed by atoms with Gasteiger partial charge in [-0.25, -0.2) is 8.78 Å². The molecule has 0 saturated carbocycles. The second-order valence-corrected chi connectivity index (χ2v) is 8.28. The second-order valence-electron chi connectivity index (χ2n) is 7.34. The summed E-state index contributed by atoms with van der Waals surface area (Å²) in [6.45, 7) is 0. The summed E-state index contributed by atoms with van der Waals surface area (Å²) in [5, 5.41) is 12.7. The van der Waals surface area contributed by atoms with Gasteiger partial charge in [0.15, 0.2) is 11.0 Å². The van der Waals surface area contributed by atoms with Crippen LogP contribution in [0.4, 0.5) is 14.5 Å². The molecule has 0 atom stereocenters. The number of carbonyl (C=O) groups is 1. The molecule has 6 nitrogen and oxygen atoms in total. The Hall–Kier alpha value is -4.11. The van der Waals surface area contributed by atoms with E-state index in [1.165, 1.54) is 36.0 Å². The molecule has 34 heavy (non-hydrogen) atoms. The second kappa shape index (κ2) is 9.40. The largest absolute Gasteiger partial charge is 0.325 e. The lowest BCUT2D eigenvalue weighted by molar-refractivity contribution is -0.113. The Labute approximate surface area is 197 Å². The molecule has 5 rings (SSSR count). The quantitative estimate of drug-likeness (QED) is 0.330. The monoisotopic (exact) mass is 473 g/mol. The van der Waals surface area contributed by atoms with Gasteiger partial charge >= 0.3 is 0 Å². The zero-order valence-corrected chi connectivity index (χ0v) is 18.5. The minimum absolute atomic E-state index is 0.0688. The number of rotatable bonds is 6. The first-order valence-corrected chi connectivity index (χ1v) is 11.3. The number of hydrogen-bond acceptors (Lipinski definition) is 5. The van der Waals surface area contributed by atoms with E-state index < -0.39 is 0 Å². The van der Waals surface area contributed by atoms with Crippen molar-refractivity contribution in [3.05, 3.63) is 96.7 Å². The minimum atomic E-state index is -0.377. The van der Waals surface area contributed by atoms with E-state index in [-0.39, 0.29) is 23.3 Å². The molecule has 2 heterocycles. The third kappa shape index (κ3) is 4.51. The summed E-state index contributed by atoms with van der Waals surface area (Å²) in [6, 6.07) is 20.9. The van der Waals surface area contributed by atoms with Crippen LogP contribution in [0, 0.1) is 11.6 Å². The average molecular weight is 474 g/mol. The molecule has 0 fully saturated rings. The Morgan fingerprint density at radius 3 is 2.38 bits per heavy atom. The maximum absolute atomic E-state index is 13.5. The molecule has 0 aliphatic heterocycles. The topological polar surface area (TPSA) is 72.7 Å². The zero-order valence-electron chi connectivity index (χ0n) is 17.7. The summed E-state index contributed by atoms with van der Waals surface area (Å²) in [6.07, 6.45) is 1.70. The molecule has 0 aliphatic carbocycles. The summed E-state index contributed by atoms with van der Waals surface area (Å²) in [5.74, 6) is -0.447. The van der Waals surface area contributed by atoms with Gasteiger partial charge in [0.05, 0.1) is 17.0 Å². The van der Waals surface area contributed by atoms with Crippen LogP contribution in [0.25, 0.3) is 28.0 Å². The Kier molecular flexibility index (Phi) is 6.01. The van der Waals surface area contributed by atoms with Crippen LogP contribution in [-0.2, 0) is 4.79 Å². The van der Waals surface area contributed by atoms with Gasteiger partial charge in [-0.2, -0.15) is 0 Å². The van der Waals surface area contributed by atoms with Gasteiger partial charge in [0.1, 0.15) is 11.6 Å². The number of pyridine rings is 1. The van der Waals surface area contributed by atoms with Gasteiger partial charge in [0, 0.05) is 22.8 Å². The number of hydrogen-bond donors (Lipinski definition) is 1. The highest BCUT2D eigenvalue weighted by molar-refractivity contribution is 7.99. The van der Waals surface area contributed by atoms with Crippen molar-refractivity contribution >= 4 is 34.3 Å². The van der Waals surface area contributed by atoms with Crippen LogP contribution in [0.5, 0.6) is 0 Å². The minimum Gasteiger partial charge on any atom is -0.325 e. The fourth-order valence-electron chi connectivity index (χ4n) is 3.50. The van der Waals surface area contributed by atoms with Gasteiger partial charge in [-0.3, -0.25) is 14.3 Å². The molecule has 168 valence electrons. The van der Waals surface area contributed by atoms with E-state index in [1.54, 1.807) is 35.0 Å². The first-order chi connectivity index (χ1) is 16.6. The van der Waals surface area contributed by atoms with Crippen LogP contribution in [0.1, 0.15) is 0 Å². The van der Waals surface area contributed by atoms with Crippen LogP contribution in [0.3, 0.4) is 0 Å². The van der Waals surface area contributed by atoms with E-state index in [9.17, 15) is 13.6 Å². The highest BCUT2D eigenvalue weighted by atomic mass is 32.2. The molecular formula is C25H17F2N5OS. The summed E-state index contributed by atoms with van der Waals surface area (Å²) in [5.41, 5.74) is 2.71. The Morgan fingerprint density at radius 1 is 0.882 bits per heavy atom. The van der Waals surface area contributed by atoms with Gasteiger partial charge in [0.25, 0.3) is 0 Å². The molecule has 0 aliphatic rings. The highest BCUT2D eigenvalue weighted by Gasteiger charge is 2.18. The van der Waals surface area contributed by atoms with Crippen molar-refractivity contribution in [3.8, 4) is 17.1 Å². The number of nitrogens with zero attached hydrogens (tertiary/aromatic N) is 4. The third-order valence-corrected chi connectivity index (χ3v) is 6.00. The van der Waals surface area contributed by atoms with E-state index in [2.05, 4.69) is 20.5 Å². The van der Waals surface area contributed by atoms with E-state index >= 15 is 0 Å². The van der Waals surface area contributed by atoms with Crippen molar-refractivity contribution in [2.75, 3.05) is 11.1 Å². The fraction of sp³-hybridized carbons (Fsp3) is 0.0400. The number of thioether (sulfide) groups is 1. The molecule has 1 amide bonds. The van der Waals surface area contributed by atoms with Crippen LogP contribution in [0.2, 0.25) is 0 Å². The van der Waals surface area contributed by atoms with Crippen LogP contribution < -0.4 is 5.32 Å². The molecule has 0 bridgehead atoms. The van der Waals surface area contributed by atoms with Crippen molar-refractivity contribution in [1.82, 2.24) is 19.7 Å². The maximum Gasteiger partial charge on any atom is 0.234 e. The van der Waals surface area contributed by atoms with E-state index in [1.807, 2.05) is 30.3 Å². The third-order valence-electron chi connectivity index (χ3n) is 5.07. The number of benzene rings is 3. The number of carbonyl (C=O) groups excluding carboxylic acids is 1. The number of fused-ring (bicyclic) bond motifs is 1. The smallest absolute Gasteiger partial charge is 0.234 e. The molecular weight excluding hydrogens is 456 g/mol. The molecule has 0 spiro atoms. The number of anilines is 1. The summed E-state index contributed by atoms with van der Waals surface area (Å²) in [7, 11) is 0. The standard InChI is InChI=1S/C25H17F2N5OS/c26-17-8-6-16(7-9-17)24-30-31-25(32(24)19-12-10-18(27)11-13-19)34-15-23(33)29-22-5-1-4-21-20(22)3-2-14-28-21/h1-14H,15H2,(H,29,33). The zero-order chi connectivity index (χ0) is 23.5. The lowest BCUT2D eigenvalue weighted by Crippen LogP contribution is -2.15. The SMILES string of the molecule is O=C(CSc1nnc(-c2ccc(F)cc2)n1-c1ccc(F)cc1)Nc1cccc2ncccc12. The lowest BCUT2D eigenvalue weighted by Gasteiger charge is -2.11. The molecule has 0 saturated heterocycles. The summed E-state index contributed by atoms with van der Waals surface area (Å²) < 4.78 is 28.7. The molecule has 0 unspecified atom stereocenters. The van der Waals surface area contributed by atoms with Gasteiger partial charge in [-0.15, -0.1) is 10.2 Å². The number of nitrogens with one attached hydrogen (secondary N) is 1. The normalized spacial score (nSPS) is 11.0. The Bertz CT molecular complexity index is 1460. The lowest BCUT2D eigenvalue weighted by atomic mass is 10.2. The fourth-order valence-corrected chi connectivity index (χ4v) is 4.25. The first-order valence-electron chi connectivity index (χ1n) is 10.3. The predicted molar refractivity (Wildman–Crippen MR) is 128 cm³/mol. The first kappa shape index (κ1) is 21.7. The summed E-state index contributed by atoms with van der Waals surface area (Å²) >= 11 is 1.19. The molecule has 1 N–H and O–H groups in total. The number of aromatic nitrogens is 4. The van der Waals surface area contributed by atoms with Crippen molar-refractivity contribution in [2.24, 2.45) is 0 Å².